The number of rotatable bonds is 3. The maximum Gasteiger partial charge on any atom is 0.284 e. The normalized spacial score (nSPS) is 16.5. The van der Waals surface area contributed by atoms with E-state index in [1.165, 1.54) is 0 Å². The zero-order valence-corrected chi connectivity index (χ0v) is 13.1. The van der Waals surface area contributed by atoms with Gasteiger partial charge in [0.1, 0.15) is 6.61 Å². The molecule has 3 rings (SSSR count). The van der Waals surface area contributed by atoms with Gasteiger partial charge in [-0.2, -0.15) is 5.10 Å². The van der Waals surface area contributed by atoms with Crippen LogP contribution < -0.4 is 14.9 Å². The molecule has 1 amide bonds. The SMILES string of the molecule is O=C(N/N=C\c1ccc(Br)cc1)[C@H]1COc2ccccc2O1. The minimum Gasteiger partial charge on any atom is -0.485 e. The molecule has 0 saturated carbocycles. The molecule has 2 aromatic rings. The smallest absolute Gasteiger partial charge is 0.284 e. The Hall–Kier alpha value is -2.34. The predicted molar refractivity (Wildman–Crippen MR) is 86.2 cm³/mol. The van der Waals surface area contributed by atoms with E-state index in [-0.39, 0.29) is 12.5 Å². The highest BCUT2D eigenvalue weighted by atomic mass is 79.9. The molecule has 0 unspecified atom stereocenters. The number of benzene rings is 2. The summed E-state index contributed by atoms with van der Waals surface area (Å²) >= 11 is 3.36. The molecule has 0 aromatic heterocycles. The Morgan fingerprint density at radius 1 is 1.18 bits per heavy atom. The van der Waals surface area contributed by atoms with E-state index in [0.29, 0.717) is 11.5 Å². The van der Waals surface area contributed by atoms with Gasteiger partial charge in [0.2, 0.25) is 6.10 Å². The predicted octanol–water partition coefficient (Wildman–Crippen LogP) is 2.74. The van der Waals surface area contributed by atoms with Crippen molar-refractivity contribution in [2.24, 2.45) is 5.10 Å². The summed E-state index contributed by atoms with van der Waals surface area (Å²) in [5.41, 5.74) is 3.34. The fourth-order valence-corrected chi connectivity index (χ4v) is 2.20. The summed E-state index contributed by atoms with van der Waals surface area (Å²) in [6.07, 6.45) is 0.860. The number of fused-ring (bicyclic) bond motifs is 1. The van der Waals surface area contributed by atoms with E-state index in [4.69, 9.17) is 9.47 Å². The fraction of sp³-hybridized carbons (Fsp3) is 0.125. The van der Waals surface area contributed by atoms with E-state index in [9.17, 15) is 4.79 Å². The first kappa shape index (κ1) is 14.6. The van der Waals surface area contributed by atoms with E-state index in [2.05, 4.69) is 26.5 Å². The van der Waals surface area contributed by atoms with Gasteiger partial charge in [0, 0.05) is 4.47 Å². The number of nitrogens with zero attached hydrogens (tertiary/aromatic N) is 1. The van der Waals surface area contributed by atoms with Crippen LogP contribution in [0.15, 0.2) is 58.1 Å². The third-order valence-electron chi connectivity index (χ3n) is 3.06. The van der Waals surface area contributed by atoms with Crippen LogP contribution in [0.3, 0.4) is 0 Å². The molecular formula is C16H13BrN2O3. The largest absolute Gasteiger partial charge is 0.485 e. The molecule has 1 aliphatic heterocycles. The summed E-state index contributed by atoms with van der Waals surface area (Å²) in [7, 11) is 0. The van der Waals surface area contributed by atoms with E-state index in [1.807, 2.05) is 36.4 Å². The second-order valence-electron chi connectivity index (χ2n) is 4.65. The summed E-state index contributed by atoms with van der Waals surface area (Å²) in [5, 5.41) is 3.93. The van der Waals surface area contributed by atoms with Gasteiger partial charge < -0.3 is 9.47 Å². The quantitative estimate of drug-likeness (QED) is 0.676. The lowest BCUT2D eigenvalue weighted by molar-refractivity contribution is -0.130. The molecule has 1 N–H and O–H groups in total. The lowest BCUT2D eigenvalue weighted by Crippen LogP contribution is -2.42. The highest BCUT2D eigenvalue weighted by molar-refractivity contribution is 9.10. The molecule has 0 saturated heterocycles. The maximum absolute atomic E-state index is 12.0. The molecule has 0 fully saturated rings. The number of amides is 1. The summed E-state index contributed by atoms with van der Waals surface area (Å²) in [6.45, 7) is 0.163. The molecule has 1 aliphatic rings. The van der Waals surface area contributed by atoms with E-state index in [0.717, 1.165) is 10.0 Å². The van der Waals surface area contributed by atoms with Crippen LogP contribution in [-0.2, 0) is 4.79 Å². The van der Waals surface area contributed by atoms with Gasteiger partial charge >= 0.3 is 0 Å². The third kappa shape index (κ3) is 3.46. The average molecular weight is 361 g/mol. The van der Waals surface area contributed by atoms with E-state index in [1.54, 1.807) is 18.3 Å². The van der Waals surface area contributed by atoms with Crippen LogP contribution in [-0.4, -0.2) is 24.8 Å². The van der Waals surface area contributed by atoms with Crippen LogP contribution in [0.2, 0.25) is 0 Å². The minimum atomic E-state index is -0.711. The van der Waals surface area contributed by atoms with Crippen molar-refractivity contribution in [1.82, 2.24) is 5.43 Å². The Kier molecular flexibility index (Phi) is 4.39. The summed E-state index contributed by atoms with van der Waals surface area (Å²) in [6, 6.07) is 14.8. The highest BCUT2D eigenvalue weighted by Crippen LogP contribution is 2.30. The average Bonchev–Trinajstić information content (AvgIpc) is 2.56. The van der Waals surface area contributed by atoms with Crippen molar-refractivity contribution in [1.29, 1.82) is 0 Å². The summed E-state index contributed by atoms with van der Waals surface area (Å²) in [4.78, 5) is 12.0. The van der Waals surface area contributed by atoms with Gasteiger partial charge in [-0.05, 0) is 29.8 Å². The number of carbonyl (C=O) groups is 1. The summed E-state index contributed by atoms with van der Waals surface area (Å²) < 4.78 is 12.1. The summed E-state index contributed by atoms with van der Waals surface area (Å²) in [5.74, 6) is 0.860. The first-order chi connectivity index (χ1) is 10.7. The lowest BCUT2D eigenvalue weighted by atomic mass is 10.2. The second kappa shape index (κ2) is 6.62. The van der Waals surface area contributed by atoms with Crippen molar-refractivity contribution in [3.05, 3.63) is 58.6 Å². The van der Waals surface area contributed by atoms with Crippen molar-refractivity contribution in [3.8, 4) is 11.5 Å². The highest BCUT2D eigenvalue weighted by Gasteiger charge is 2.26. The van der Waals surface area contributed by atoms with Crippen molar-refractivity contribution < 1.29 is 14.3 Å². The molecule has 112 valence electrons. The molecule has 0 bridgehead atoms. The zero-order chi connectivity index (χ0) is 15.4. The standard InChI is InChI=1S/C16H13BrN2O3/c17-12-7-5-11(6-8-12)9-18-19-16(20)15-10-21-13-3-1-2-4-14(13)22-15/h1-9,15H,10H2,(H,19,20)/b18-9-/t15-/m1/s1. The number of para-hydroxylation sites is 2. The number of ether oxygens (including phenoxy) is 2. The Labute approximate surface area is 136 Å². The van der Waals surface area contributed by atoms with Gasteiger partial charge in [-0.25, -0.2) is 5.43 Å². The molecule has 22 heavy (non-hydrogen) atoms. The van der Waals surface area contributed by atoms with Crippen LogP contribution >= 0.6 is 15.9 Å². The molecular weight excluding hydrogens is 348 g/mol. The first-order valence-corrected chi connectivity index (χ1v) is 7.48. The van der Waals surface area contributed by atoms with Crippen LogP contribution in [0.1, 0.15) is 5.56 Å². The van der Waals surface area contributed by atoms with Gasteiger partial charge in [0.25, 0.3) is 5.91 Å². The topological polar surface area (TPSA) is 59.9 Å². The number of carbonyl (C=O) groups excluding carboxylic acids is 1. The fourth-order valence-electron chi connectivity index (χ4n) is 1.94. The van der Waals surface area contributed by atoms with Crippen molar-refractivity contribution in [2.75, 3.05) is 6.61 Å². The Bertz CT molecular complexity index is 701. The lowest BCUT2D eigenvalue weighted by Gasteiger charge is -2.24. The number of hydrogen-bond acceptors (Lipinski definition) is 4. The second-order valence-corrected chi connectivity index (χ2v) is 5.57. The maximum atomic E-state index is 12.0. The number of hydrogen-bond donors (Lipinski definition) is 1. The van der Waals surface area contributed by atoms with Gasteiger partial charge in [-0.15, -0.1) is 0 Å². The molecule has 2 aromatic carbocycles. The van der Waals surface area contributed by atoms with Crippen molar-refractivity contribution in [2.45, 2.75) is 6.10 Å². The molecule has 5 nitrogen and oxygen atoms in total. The number of nitrogens with one attached hydrogen (secondary N) is 1. The Morgan fingerprint density at radius 2 is 1.91 bits per heavy atom. The monoisotopic (exact) mass is 360 g/mol. The molecule has 1 atom stereocenters. The van der Waals surface area contributed by atoms with E-state index < -0.39 is 6.10 Å². The van der Waals surface area contributed by atoms with Gasteiger partial charge in [-0.3, -0.25) is 4.79 Å². The van der Waals surface area contributed by atoms with Crippen molar-refractivity contribution >= 4 is 28.1 Å². The first-order valence-electron chi connectivity index (χ1n) is 6.69. The molecule has 6 heteroatoms. The van der Waals surface area contributed by atoms with Gasteiger partial charge in [0.05, 0.1) is 6.21 Å². The third-order valence-corrected chi connectivity index (χ3v) is 3.59. The van der Waals surface area contributed by atoms with Crippen molar-refractivity contribution in [3.63, 3.8) is 0 Å². The van der Waals surface area contributed by atoms with Crippen LogP contribution in [0.4, 0.5) is 0 Å². The van der Waals surface area contributed by atoms with Crippen LogP contribution in [0.25, 0.3) is 0 Å². The molecule has 0 aliphatic carbocycles. The number of halogens is 1. The minimum absolute atomic E-state index is 0.163. The molecule has 0 spiro atoms. The van der Waals surface area contributed by atoms with Gasteiger partial charge in [0.15, 0.2) is 11.5 Å². The zero-order valence-electron chi connectivity index (χ0n) is 11.5. The van der Waals surface area contributed by atoms with Gasteiger partial charge in [-0.1, -0.05) is 40.2 Å². The Morgan fingerprint density at radius 3 is 2.68 bits per heavy atom. The molecule has 1 heterocycles. The Balaban J connectivity index is 1.58. The van der Waals surface area contributed by atoms with E-state index >= 15 is 0 Å². The molecule has 0 radical (unpaired) electrons. The van der Waals surface area contributed by atoms with Crippen LogP contribution in [0.5, 0.6) is 11.5 Å². The number of hydrazone groups is 1. The van der Waals surface area contributed by atoms with Crippen LogP contribution in [0, 0.1) is 0 Å².